The molecule has 1 amide bonds. The summed E-state index contributed by atoms with van der Waals surface area (Å²) in [5.41, 5.74) is 2.12. The summed E-state index contributed by atoms with van der Waals surface area (Å²) in [5.74, 6) is 3.01. The summed E-state index contributed by atoms with van der Waals surface area (Å²) < 4.78 is 13.4. The number of nitrogens with one attached hydrogen (secondary N) is 1. The van der Waals surface area contributed by atoms with Crippen LogP contribution in [0.15, 0.2) is 48.5 Å². The highest BCUT2D eigenvalue weighted by Gasteiger charge is 2.20. The molecule has 2 aromatic carbocycles. The Morgan fingerprint density at radius 1 is 1.09 bits per heavy atom. The fourth-order valence-electron chi connectivity index (χ4n) is 4.48. The summed E-state index contributed by atoms with van der Waals surface area (Å²) in [6, 6.07) is 15.9. The van der Waals surface area contributed by atoms with Crippen LogP contribution in [0.25, 0.3) is 11.0 Å². The molecule has 3 aromatic rings. The third kappa shape index (κ3) is 5.61. The number of carbonyl (C=O) groups is 1. The molecule has 4 rings (SSSR count). The lowest BCUT2D eigenvalue weighted by atomic mass is 9.89. The van der Waals surface area contributed by atoms with Crippen molar-refractivity contribution in [2.45, 2.75) is 51.5 Å². The van der Waals surface area contributed by atoms with Crippen molar-refractivity contribution in [2.24, 2.45) is 5.92 Å². The van der Waals surface area contributed by atoms with Crippen molar-refractivity contribution in [3.63, 3.8) is 0 Å². The van der Waals surface area contributed by atoms with E-state index in [1.165, 1.54) is 19.3 Å². The topological polar surface area (TPSA) is 65.4 Å². The van der Waals surface area contributed by atoms with Gasteiger partial charge in [-0.3, -0.25) is 4.79 Å². The number of amides is 1. The zero-order valence-corrected chi connectivity index (χ0v) is 18.9. The van der Waals surface area contributed by atoms with E-state index in [0.717, 1.165) is 60.6 Å². The Labute approximate surface area is 189 Å². The van der Waals surface area contributed by atoms with Gasteiger partial charge in [0, 0.05) is 31.5 Å². The molecule has 1 fully saturated rings. The second-order valence-electron chi connectivity index (χ2n) is 8.43. The Hall–Kier alpha value is -3.02. The van der Waals surface area contributed by atoms with Gasteiger partial charge in [-0.25, -0.2) is 4.98 Å². The van der Waals surface area contributed by atoms with Gasteiger partial charge in [-0.2, -0.15) is 0 Å². The molecule has 6 nitrogen and oxygen atoms in total. The van der Waals surface area contributed by atoms with Crippen LogP contribution < -0.4 is 14.8 Å². The second-order valence-corrected chi connectivity index (χ2v) is 8.43. The second kappa shape index (κ2) is 11.0. The lowest BCUT2D eigenvalue weighted by Crippen LogP contribution is -2.33. The summed E-state index contributed by atoms with van der Waals surface area (Å²) >= 11 is 0. The van der Waals surface area contributed by atoms with E-state index in [1.807, 2.05) is 42.5 Å². The smallest absolute Gasteiger partial charge is 0.223 e. The van der Waals surface area contributed by atoms with Gasteiger partial charge in [0.2, 0.25) is 5.91 Å². The van der Waals surface area contributed by atoms with Crippen molar-refractivity contribution in [3.05, 3.63) is 54.4 Å². The zero-order valence-electron chi connectivity index (χ0n) is 18.9. The summed E-state index contributed by atoms with van der Waals surface area (Å²) in [6.07, 6.45) is 7.24. The number of carbonyl (C=O) groups excluding carboxylic acids is 1. The summed E-state index contributed by atoms with van der Waals surface area (Å²) in [4.78, 5) is 17.3. The average molecular weight is 436 g/mol. The van der Waals surface area contributed by atoms with Gasteiger partial charge in [0.15, 0.2) is 0 Å². The van der Waals surface area contributed by atoms with E-state index < -0.39 is 0 Å². The summed E-state index contributed by atoms with van der Waals surface area (Å²) in [7, 11) is 1.66. The fraction of sp³-hybridized carbons (Fsp3) is 0.462. The number of aromatic nitrogens is 2. The molecule has 0 unspecified atom stereocenters. The minimum Gasteiger partial charge on any atom is -0.497 e. The lowest BCUT2D eigenvalue weighted by Gasteiger charge is -2.20. The maximum absolute atomic E-state index is 12.5. The van der Waals surface area contributed by atoms with Crippen LogP contribution in [-0.2, 0) is 17.8 Å². The molecule has 0 aliphatic heterocycles. The van der Waals surface area contributed by atoms with E-state index in [-0.39, 0.29) is 11.8 Å². The van der Waals surface area contributed by atoms with E-state index in [4.69, 9.17) is 14.5 Å². The van der Waals surface area contributed by atoms with E-state index >= 15 is 0 Å². The molecular weight excluding hydrogens is 402 g/mol. The zero-order chi connectivity index (χ0) is 22.2. The number of ether oxygens (including phenoxy) is 2. The van der Waals surface area contributed by atoms with Crippen LogP contribution in [0.1, 0.15) is 44.3 Å². The Balaban J connectivity index is 1.34. The molecular formula is C26H33N3O3. The third-order valence-electron chi connectivity index (χ3n) is 6.19. The number of aryl methyl sites for hydroxylation is 1. The van der Waals surface area contributed by atoms with Gasteiger partial charge in [0.05, 0.1) is 24.8 Å². The van der Waals surface area contributed by atoms with Crippen molar-refractivity contribution >= 4 is 16.9 Å². The van der Waals surface area contributed by atoms with Crippen molar-refractivity contribution in [1.29, 1.82) is 0 Å². The third-order valence-corrected chi connectivity index (χ3v) is 6.19. The first kappa shape index (κ1) is 22.2. The Kier molecular flexibility index (Phi) is 7.64. The number of benzene rings is 2. The van der Waals surface area contributed by atoms with Crippen LogP contribution in [0.4, 0.5) is 0 Å². The number of nitrogens with zero attached hydrogens (tertiary/aromatic N) is 2. The first-order valence-corrected chi connectivity index (χ1v) is 11.7. The molecule has 170 valence electrons. The number of hydrogen-bond acceptors (Lipinski definition) is 4. The standard InChI is InChI=1S/C26H33N3O3/c1-31-21-11-7-12-22(19-21)32-18-8-17-29-24-14-6-5-13-23(24)28-25(29)15-16-27-26(30)20-9-3-2-4-10-20/h5-7,11-14,19-20H,2-4,8-10,15-18H2,1H3,(H,27,30). The molecule has 0 spiro atoms. The minimum absolute atomic E-state index is 0.191. The summed E-state index contributed by atoms with van der Waals surface area (Å²) in [6.45, 7) is 2.05. The van der Waals surface area contributed by atoms with E-state index in [9.17, 15) is 4.79 Å². The van der Waals surface area contributed by atoms with E-state index in [2.05, 4.69) is 16.0 Å². The number of hydrogen-bond donors (Lipinski definition) is 1. The maximum Gasteiger partial charge on any atom is 0.223 e. The van der Waals surface area contributed by atoms with Gasteiger partial charge in [-0.15, -0.1) is 0 Å². The van der Waals surface area contributed by atoms with Crippen LogP contribution in [0, 0.1) is 5.92 Å². The molecule has 1 heterocycles. The first-order chi connectivity index (χ1) is 15.7. The first-order valence-electron chi connectivity index (χ1n) is 11.7. The molecule has 1 N–H and O–H groups in total. The highest BCUT2D eigenvalue weighted by Crippen LogP contribution is 2.24. The molecule has 0 radical (unpaired) electrons. The Morgan fingerprint density at radius 3 is 2.75 bits per heavy atom. The fourth-order valence-corrected chi connectivity index (χ4v) is 4.48. The van der Waals surface area contributed by atoms with Crippen LogP contribution in [0.3, 0.4) is 0 Å². The predicted molar refractivity (Wildman–Crippen MR) is 126 cm³/mol. The van der Waals surface area contributed by atoms with Crippen LogP contribution in [0.5, 0.6) is 11.5 Å². The van der Waals surface area contributed by atoms with Crippen LogP contribution >= 0.6 is 0 Å². The molecule has 1 aromatic heterocycles. The van der Waals surface area contributed by atoms with Gasteiger partial charge in [-0.05, 0) is 43.5 Å². The SMILES string of the molecule is COc1cccc(OCCCn2c(CCNC(=O)C3CCCCC3)nc3ccccc32)c1. The molecule has 1 aliphatic rings. The summed E-state index contributed by atoms with van der Waals surface area (Å²) in [5, 5.41) is 3.14. The maximum atomic E-state index is 12.5. The quantitative estimate of drug-likeness (QED) is 0.467. The van der Waals surface area contributed by atoms with Crippen LogP contribution in [0.2, 0.25) is 0 Å². The van der Waals surface area contributed by atoms with E-state index in [1.54, 1.807) is 7.11 Å². The molecule has 6 heteroatoms. The largest absolute Gasteiger partial charge is 0.497 e. The number of imidazole rings is 1. The number of para-hydroxylation sites is 2. The molecule has 1 saturated carbocycles. The Bertz CT molecular complexity index is 1020. The number of rotatable bonds is 10. The predicted octanol–water partition coefficient (Wildman–Crippen LogP) is 4.75. The highest BCUT2D eigenvalue weighted by atomic mass is 16.5. The Morgan fingerprint density at radius 2 is 1.91 bits per heavy atom. The van der Waals surface area contributed by atoms with Gasteiger partial charge < -0.3 is 19.4 Å². The molecule has 0 bridgehead atoms. The molecule has 0 atom stereocenters. The number of methoxy groups -OCH3 is 1. The lowest BCUT2D eigenvalue weighted by molar-refractivity contribution is -0.125. The minimum atomic E-state index is 0.191. The van der Waals surface area contributed by atoms with Gasteiger partial charge in [0.25, 0.3) is 0 Å². The van der Waals surface area contributed by atoms with Crippen LogP contribution in [-0.4, -0.2) is 35.7 Å². The normalized spacial score (nSPS) is 14.4. The van der Waals surface area contributed by atoms with Crippen molar-refractivity contribution in [2.75, 3.05) is 20.3 Å². The van der Waals surface area contributed by atoms with Crippen molar-refractivity contribution in [1.82, 2.24) is 14.9 Å². The monoisotopic (exact) mass is 435 g/mol. The van der Waals surface area contributed by atoms with Gasteiger partial charge >= 0.3 is 0 Å². The number of fused-ring (bicyclic) bond motifs is 1. The van der Waals surface area contributed by atoms with Gasteiger partial charge in [-0.1, -0.05) is 37.5 Å². The average Bonchev–Trinajstić information content (AvgIpc) is 3.19. The molecule has 32 heavy (non-hydrogen) atoms. The van der Waals surface area contributed by atoms with E-state index in [0.29, 0.717) is 13.2 Å². The molecule has 1 aliphatic carbocycles. The highest BCUT2D eigenvalue weighted by molar-refractivity contribution is 5.78. The van der Waals surface area contributed by atoms with Crippen molar-refractivity contribution in [3.8, 4) is 11.5 Å². The molecule has 0 saturated heterocycles. The van der Waals surface area contributed by atoms with Crippen molar-refractivity contribution < 1.29 is 14.3 Å². The van der Waals surface area contributed by atoms with Gasteiger partial charge in [0.1, 0.15) is 17.3 Å².